The molecule has 2 aliphatic heterocycles. The SMILES string of the molecule is Cc1cc2c(cc1C)OC(C(=O)Nc1ccc3c(c1F)CCNC3)C2. The van der Waals surface area contributed by atoms with Gasteiger partial charge < -0.3 is 15.4 Å². The highest BCUT2D eigenvalue weighted by Gasteiger charge is 2.30. The number of hydrogen-bond donors (Lipinski definition) is 2. The smallest absolute Gasteiger partial charge is 0.265 e. The number of ether oxygens (including phenoxy) is 1. The normalized spacial score (nSPS) is 18.3. The molecule has 4 rings (SSSR count). The number of hydrogen-bond acceptors (Lipinski definition) is 3. The fourth-order valence-electron chi connectivity index (χ4n) is 3.50. The minimum Gasteiger partial charge on any atom is -0.480 e. The van der Waals surface area contributed by atoms with E-state index in [1.54, 1.807) is 6.07 Å². The summed E-state index contributed by atoms with van der Waals surface area (Å²) in [7, 11) is 0. The molecule has 0 aromatic heterocycles. The number of nitrogens with one attached hydrogen (secondary N) is 2. The summed E-state index contributed by atoms with van der Waals surface area (Å²) < 4.78 is 20.5. The average molecular weight is 340 g/mol. The molecule has 0 bridgehead atoms. The van der Waals surface area contributed by atoms with Crippen LogP contribution in [0.1, 0.15) is 27.8 Å². The van der Waals surface area contributed by atoms with Crippen molar-refractivity contribution >= 4 is 11.6 Å². The maximum atomic E-state index is 14.7. The van der Waals surface area contributed by atoms with Crippen molar-refractivity contribution in [3.63, 3.8) is 0 Å². The fourth-order valence-corrected chi connectivity index (χ4v) is 3.50. The van der Waals surface area contributed by atoms with Crippen LogP contribution in [0, 0.1) is 19.7 Å². The summed E-state index contributed by atoms with van der Waals surface area (Å²) in [5.41, 5.74) is 5.22. The zero-order valence-corrected chi connectivity index (χ0v) is 14.4. The first kappa shape index (κ1) is 16.1. The molecule has 130 valence electrons. The number of benzene rings is 2. The summed E-state index contributed by atoms with van der Waals surface area (Å²) in [6.07, 6.45) is 0.529. The third-order valence-electron chi connectivity index (χ3n) is 5.11. The minimum atomic E-state index is -0.617. The van der Waals surface area contributed by atoms with Crippen LogP contribution < -0.4 is 15.4 Å². The summed E-state index contributed by atoms with van der Waals surface area (Å²) >= 11 is 0. The summed E-state index contributed by atoms with van der Waals surface area (Å²) in [6, 6.07) is 7.53. The Labute approximate surface area is 146 Å². The molecule has 0 saturated carbocycles. The molecule has 0 radical (unpaired) electrons. The van der Waals surface area contributed by atoms with E-state index in [1.165, 1.54) is 5.56 Å². The summed E-state index contributed by atoms with van der Waals surface area (Å²) in [5, 5.41) is 5.93. The van der Waals surface area contributed by atoms with Gasteiger partial charge in [-0.3, -0.25) is 4.79 Å². The Morgan fingerprint density at radius 3 is 2.88 bits per heavy atom. The first-order chi connectivity index (χ1) is 12.0. The maximum Gasteiger partial charge on any atom is 0.265 e. The molecular formula is C20H21FN2O2. The van der Waals surface area contributed by atoms with Crippen molar-refractivity contribution < 1.29 is 13.9 Å². The number of aryl methyl sites for hydroxylation is 2. The van der Waals surface area contributed by atoms with E-state index in [0.29, 0.717) is 24.9 Å². The lowest BCUT2D eigenvalue weighted by molar-refractivity contribution is -0.122. The van der Waals surface area contributed by atoms with Crippen molar-refractivity contribution in [2.45, 2.75) is 39.3 Å². The lowest BCUT2D eigenvalue weighted by atomic mass is 9.99. The third kappa shape index (κ3) is 2.89. The van der Waals surface area contributed by atoms with Crippen molar-refractivity contribution in [1.29, 1.82) is 0 Å². The molecule has 0 aliphatic carbocycles. The van der Waals surface area contributed by atoms with Gasteiger partial charge >= 0.3 is 0 Å². The Hall–Kier alpha value is -2.40. The average Bonchev–Trinajstić information content (AvgIpc) is 3.01. The van der Waals surface area contributed by atoms with E-state index >= 15 is 0 Å². The second kappa shape index (κ2) is 6.15. The molecule has 1 atom stereocenters. The number of fused-ring (bicyclic) bond motifs is 2. The van der Waals surface area contributed by atoms with E-state index < -0.39 is 6.10 Å². The molecule has 5 heteroatoms. The quantitative estimate of drug-likeness (QED) is 0.883. The van der Waals surface area contributed by atoms with Crippen LogP contribution in [0.4, 0.5) is 10.1 Å². The monoisotopic (exact) mass is 340 g/mol. The van der Waals surface area contributed by atoms with Gasteiger partial charge in [-0.1, -0.05) is 12.1 Å². The molecule has 2 aromatic carbocycles. The highest BCUT2D eigenvalue weighted by Crippen LogP contribution is 2.32. The summed E-state index contributed by atoms with van der Waals surface area (Å²) in [6.45, 7) is 5.48. The Morgan fingerprint density at radius 2 is 2.04 bits per heavy atom. The van der Waals surface area contributed by atoms with Gasteiger partial charge in [0.05, 0.1) is 5.69 Å². The number of anilines is 1. The van der Waals surface area contributed by atoms with Gasteiger partial charge in [0.15, 0.2) is 6.10 Å². The Kier molecular flexibility index (Phi) is 3.96. The Bertz CT molecular complexity index is 832. The van der Waals surface area contributed by atoms with Crippen molar-refractivity contribution in [3.8, 4) is 5.75 Å². The molecule has 25 heavy (non-hydrogen) atoms. The number of rotatable bonds is 2. The molecule has 2 aromatic rings. The van der Waals surface area contributed by atoms with Crippen molar-refractivity contribution in [3.05, 3.63) is 57.9 Å². The lowest BCUT2D eigenvalue weighted by Crippen LogP contribution is -2.32. The van der Waals surface area contributed by atoms with Gasteiger partial charge in [-0.15, -0.1) is 0 Å². The number of halogens is 1. The molecule has 1 unspecified atom stereocenters. The molecule has 0 fully saturated rings. The van der Waals surface area contributed by atoms with Gasteiger partial charge in [0.25, 0.3) is 5.91 Å². The van der Waals surface area contributed by atoms with Crippen LogP contribution in [-0.2, 0) is 24.2 Å². The van der Waals surface area contributed by atoms with Crippen LogP contribution in [-0.4, -0.2) is 18.6 Å². The van der Waals surface area contributed by atoms with Crippen LogP contribution in [0.2, 0.25) is 0 Å². The fraction of sp³-hybridized carbons (Fsp3) is 0.350. The van der Waals surface area contributed by atoms with Gasteiger partial charge in [0, 0.05) is 13.0 Å². The molecule has 1 amide bonds. The van der Waals surface area contributed by atoms with E-state index in [-0.39, 0.29) is 17.4 Å². The molecule has 2 aliphatic rings. The first-order valence-corrected chi connectivity index (χ1v) is 8.61. The van der Waals surface area contributed by atoms with Crippen LogP contribution in [0.15, 0.2) is 24.3 Å². The molecule has 0 saturated heterocycles. The van der Waals surface area contributed by atoms with E-state index in [0.717, 1.165) is 29.0 Å². The molecular weight excluding hydrogens is 319 g/mol. The summed E-state index contributed by atoms with van der Waals surface area (Å²) in [4.78, 5) is 12.6. The van der Waals surface area contributed by atoms with Gasteiger partial charge in [0.2, 0.25) is 0 Å². The predicted molar refractivity (Wildman–Crippen MR) is 94.5 cm³/mol. The summed E-state index contributed by atoms with van der Waals surface area (Å²) in [5.74, 6) is 0.120. The number of carbonyl (C=O) groups is 1. The zero-order valence-electron chi connectivity index (χ0n) is 14.4. The largest absolute Gasteiger partial charge is 0.480 e. The van der Waals surface area contributed by atoms with Crippen molar-refractivity contribution in [1.82, 2.24) is 5.32 Å². The second-order valence-electron chi connectivity index (χ2n) is 6.84. The van der Waals surface area contributed by atoms with Crippen LogP contribution >= 0.6 is 0 Å². The second-order valence-corrected chi connectivity index (χ2v) is 6.84. The molecule has 2 N–H and O–H groups in total. The van der Waals surface area contributed by atoms with Crippen LogP contribution in [0.25, 0.3) is 0 Å². The number of carbonyl (C=O) groups excluding carboxylic acids is 1. The highest BCUT2D eigenvalue weighted by molar-refractivity contribution is 5.95. The minimum absolute atomic E-state index is 0.234. The highest BCUT2D eigenvalue weighted by atomic mass is 19.1. The molecule has 4 nitrogen and oxygen atoms in total. The van der Waals surface area contributed by atoms with Gasteiger partial charge in [-0.05, 0) is 66.8 Å². The van der Waals surface area contributed by atoms with E-state index in [4.69, 9.17) is 4.74 Å². The van der Waals surface area contributed by atoms with E-state index in [9.17, 15) is 9.18 Å². The van der Waals surface area contributed by atoms with E-state index in [2.05, 4.69) is 16.7 Å². The van der Waals surface area contributed by atoms with Crippen LogP contribution in [0.5, 0.6) is 5.75 Å². The van der Waals surface area contributed by atoms with Crippen molar-refractivity contribution in [2.75, 3.05) is 11.9 Å². The van der Waals surface area contributed by atoms with Gasteiger partial charge in [-0.2, -0.15) is 0 Å². The van der Waals surface area contributed by atoms with Gasteiger partial charge in [0.1, 0.15) is 11.6 Å². The Morgan fingerprint density at radius 1 is 1.24 bits per heavy atom. The van der Waals surface area contributed by atoms with Crippen molar-refractivity contribution in [2.24, 2.45) is 0 Å². The van der Waals surface area contributed by atoms with Gasteiger partial charge in [-0.25, -0.2) is 4.39 Å². The Balaban J connectivity index is 1.52. The first-order valence-electron chi connectivity index (χ1n) is 8.61. The lowest BCUT2D eigenvalue weighted by Gasteiger charge is -2.20. The topological polar surface area (TPSA) is 50.4 Å². The third-order valence-corrected chi connectivity index (χ3v) is 5.11. The standard InChI is InChI=1S/C20H21FN2O2/c1-11-7-14-9-18(25-17(14)8-12(11)2)20(24)23-16-4-3-13-10-22-6-5-15(13)19(16)21/h3-4,7-8,18,22H,5-6,9-10H2,1-2H3,(H,23,24). The zero-order chi connectivity index (χ0) is 17.6. The molecule has 2 heterocycles. The number of amides is 1. The predicted octanol–water partition coefficient (Wildman–Crippen LogP) is 3.03. The van der Waals surface area contributed by atoms with Crippen LogP contribution in [0.3, 0.4) is 0 Å². The molecule has 0 spiro atoms. The maximum absolute atomic E-state index is 14.7. The van der Waals surface area contributed by atoms with E-state index in [1.807, 2.05) is 26.0 Å².